The van der Waals surface area contributed by atoms with Crippen LogP contribution in [0.2, 0.25) is 0 Å². The zero-order chi connectivity index (χ0) is 28.7. The Morgan fingerprint density at radius 1 is 1.02 bits per heavy atom. The van der Waals surface area contributed by atoms with Gasteiger partial charge in [-0.25, -0.2) is 23.1 Å². The van der Waals surface area contributed by atoms with E-state index in [1.165, 1.54) is 6.33 Å². The molecule has 5 aromatic rings. The summed E-state index contributed by atoms with van der Waals surface area (Å²) in [7, 11) is -3.40. The predicted molar refractivity (Wildman–Crippen MR) is 153 cm³/mol. The van der Waals surface area contributed by atoms with Crippen LogP contribution in [-0.4, -0.2) is 45.5 Å². The normalized spacial score (nSPS) is 12.0. The highest BCUT2D eigenvalue weighted by Gasteiger charge is 2.21. The maximum Gasteiger partial charge on any atom is 0.230 e. The van der Waals surface area contributed by atoms with Crippen LogP contribution in [0, 0.1) is 0 Å². The van der Waals surface area contributed by atoms with Gasteiger partial charge in [0, 0.05) is 28.4 Å². The summed E-state index contributed by atoms with van der Waals surface area (Å²) >= 11 is 0. The van der Waals surface area contributed by atoms with E-state index < -0.39 is 10.0 Å². The number of rotatable bonds is 7. The van der Waals surface area contributed by atoms with Crippen molar-refractivity contribution in [3.8, 4) is 16.9 Å². The van der Waals surface area contributed by atoms with Crippen molar-refractivity contribution in [1.82, 2.24) is 24.9 Å². The van der Waals surface area contributed by atoms with Gasteiger partial charge < -0.3 is 15.6 Å². The smallest absolute Gasteiger partial charge is 0.230 e. The van der Waals surface area contributed by atoms with Crippen LogP contribution in [0.4, 0.5) is 17.2 Å². The van der Waals surface area contributed by atoms with E-state index in [-0.39, 0.29) is 23.6 Å². The van der Waals surface area contributed by atoms with Crippen LogP contribution in [-0.2, 0) is 26.7 Å². The zero-order valence-electron chi connectivity index (χ0n) is 22.3. The first kappa shape index (κ1) is 26.8. The van der Waals surface area contributed by atoms with Crippen LogP contribution in [0.25, 0.3) is 28.0 Å². The number of anilines is 3. The van der Waals surface area contributed by atoms with E-state index in [9.17, 15) is 13.2 Å². The van der Waals surface area contributed by atoms with E-state index >= 15 is 0 Å². The predicted octanol–water partition coefficient (Wildman–Crippen LogP) is 3.90. The van der Waals surface area contributed by atoms with Crippen molar-refractivity contribution in [3.63, 3.8) is 0 Å². The number of aromatic nitrogens is 5. The lowest BCUT2D eigenvalue weighted by atomic mass is 9.93. The maximum atomic E-state index is 12.6. The lowest BCUT2D eigenvalue weighted by Crippen LogP contribution is -2.14. The van der Waals surface area contributed by atoms with Crippen LogP contribution in [0.5, 0.6) is 0 Å². The van der Waals surface area contributed by atoms with Crippen molar-refractivity contribution >= 4 is 44.2 Å². The first-order chi connectivity index (χ1) is 18.9. The van der Waals surface area contributed by atoms with Gasteiger partial charge in [0.05, 0.1) is 29.4 Å². The highest BCUT2D eigenvalue weighted by atomic mass is 32.2. The Morgan fingerprint density at radius 3 is 2.33 bits per heavy atom. The molecule has 3 aromatic heterocycles. The molecule has 0 aliphatic rings. The molecular formula is C27H28N8O4S. The minimum atomic E-state index is -3.40. The van der Waals surface area contributed by atoms with Crippen molar-refractivity contribution in [1.29, 1.82) is 0 Å². The quantitative estimate of drug-likeness (QED) is 0.267. The van der Waals surface area contributed by atoms with Gasteiger partial charge in [0.1, 0.15) is 23.6 Å². The number of benzene rings is 2. The summed E-state index contributed by atoms with van der Waals surface area (Å²) in [6, 6.07) is 15.7. The number of carbonyl (C=O) groups excluding carboxylic acids is 1. The molecule has 12 nitrogen and oxygen atoms in total. The molecule has 0 atom stereocenters. The standard InChI is InChI=1S/C27H28N8O4S/c1-27(2,3)21-13-19(33-39-21)14-22(36)31-17-9-11-20(12-10-17)35-26-23(25(28)29-15-30-26)24(32-35)16-5-7-18(8-6-16)34-40(4,37)38/h5-13,15,34H,14H2,1-4H3,(H,31,36)(H2,28,29,30). The van der Waals surface area contributed by atoms with Gasteiger partial charge in [-0.1, -0.05) is 38.1 Å². The Hall–Kier alpha value is -4.78. The maximum absolute atomic E-state index is 12.6. The molecule has 3 heterocycles. The topological polar surface area (TPSA) is 171 Å². The number of carbonyl (C=O) groups is 1. The van der Waals surface area contributed by atoms with E-state index in [0.717, 1.165) is 12.0 Å². The SMILES string of the molecule is CC(C)(C)c1cc(CC(=O)Nc2ccc(-n3nc(-c4ccc(NS(C)(=O)=O)cc4)c4c(N)ncnc43)cc2)no1. The Bertz CT molecular complexity index is 1800. The van der Waals surface area contributed by atoms with E-state index in [1.54, 1.807) is 59.3 Å². The van der Waals surface area contributed by atoms with Crippen molar-refractivity contribution in [2.75, 3.05) is 22.0 Å². The fourth-order valence-electron chi connectivity index (χ4n) is 4.07. The molecule has 0 aliphatic carbocycles. The van der Waals surface area contributed by atoms with E-state index in [1.807, 2.05) is 20.8 Å². The van der Waals surface area contributed by atoms with E-state index in [0.29, 0.717) is 45.0 Å². The molecule has 5 rings (SSSR count). The molecule has 1 amide bonds. The van der Waals surface area contributed by atoms with Crippen molar-refractivity contribution in [2.24, 2.45) is 0 Å². The fraction of sp³-hybridized carbons (Fsp3) is 0.222. The third kappa shape index (κ3) is 5.78. The van der Waals surface area contributed by atoms with Crippen molar-refractivity contribution in [2.45, 2.75) is 32.6 Å². The van der Waals surface area contributed by atoms with Crippen LogP contribution in [0.15, 0.2) is 65.4 Å². The monoisotopic (exact) mass is 560 g/mol. The number of hydrogen-bond acceptors (Lipinski definition) is 9. The minimum Gasteiger partial charge on any atom is -0.383 e. The average molecular weight is 561 g/mol. The molecule has 0 saturated heterocycles. The highest BCUT2D eigenvalue weighted by Crippen LogP contribution is 2.32. The van der Waals surface area contributed by atoms with Gasteiger partial charge in [-0.05, 0) is 36.4 Å². The van der Waals surface area contributed by atoms with Crippen molar-refractivity contribution in [3.05, 3.63) is 72.4 Å². The molecular weight excluding hydrogens is 532 g/mol. The van der Waals surface area contributed by atoms with Gasteiger partial charge in [0.25, 0.3) is 0 Å². The molecule has 0 unspecified atom stereocenters. The highest BCUT2D eigenvalue weighted by molar-refractivity contribution is 7.92. The number of nitrogens with two attached hydrogens (primary N) is 1. The average Bonchev–Trinajstić information content (AvgIpc) is 3.50. The van der Waals surface area contributed by atoms with Gasteiger partial charge in [-0.2, -0.15) is 5.10 Å². The summed E-state index contributed by atoms with van der Waals surface area (Å²) in [4.78, 5) is 21.1. The molecule has 0 bridgehead atoms. The summed E-state index contributed by atoms with van der Waals surface area (Å²) in [5.41, 5.74) is 10.0. The second-order valence-electron chi connectivity index (χ2n) is 10.4. The van der Waals surface area contributed by atoms with Crippen LogP contribution >= 0.6 is 0 Å². The van der Waals surface area contributed by atoms with Gasteiger partial charge in [-0.15, -0.1) is 0 Å². The first-order valence-corrected chi connectivity index (χ1v) is 14.2. The van der Waals surface area contributed by atoms with Gasteiger partial charge >= 0.3 is 0 Å². The van der Waals surface area contributed by atoms with Gasteiger partial charge in [-0.3, -0.25) is 9.52 Å². The van der Waals surface area contributed by atoms with Crippen LogP contribution in [0.3, 0.4) is 0 Å². The Morgan fingerprint density at radius 2 is 1.70 bits per heavy atom. The number of nitrogens with zero attached hydrogens (tertiary/aromatic N) is 5. The lowest BCUT2D eigenvalue weighted by Gasteiger charge is -2.12. The van der Waals surface area contributed by atoms with Crippen LogP contribution in [0.1, 0.15) is 32.2 Å². The molecule has 0 fully saturated rings. The number of nitrogens with one attached hydrogen (secondary N) is 2. The second kappa shape index (κ2) is 10.1. The molecule has 0 aliphatic heterocycles. The Kier molecular flexibility index (Phi) is 6.75. The van der Waals surface area contributed by atoms with Gasteiger partial charge in [0.2, 0.25) is 15.9 Å². The molecule has 13 heteroatoms. The second-order valence-corrected chi connectivity index (χ2v) is 12.1. The number of nitrogen functional groups attached to an aromatic ring is 1. The number of sulfonamides is 1. The minimum absolute atomic E-state index is 0.0865. The number of amides is 1. The largest absolute Gasteiger partial charge is 0.383 e. The lowest BCUT2D eigenvalue weighted by molar-refractivity contribution is -0.115. The molecule has 2 aromatic carbocycles. The number of hydrogen-bond donors (Lipinski definition) is 3. The molecule has 0 spiro atoms. The summed E-state index contributed by atoms with van der Waals surface area (Å²) in [5, 5.41) is 12.2. The van der Waals surface area contributed by atoms with E-state index in [2.05, 4.69) is 25.2 Å². The summed E-state index contributed by atoms with van der Waals surface area (Å²) in [6.07, 6.45) is 2.54. The molecule has 0 saturated carbocycles. The third-order valence-electron chi connectivity index (χ3n) is 5.99. The van der Waals surface area contributed by atoms with Gasteiger partial charge in [0.15, 0.2) is 5.65 Å². The Labute approximate surface area is 230 Å². The molecule has 40 heavy (non-hydrogen) atoms. The zero-order valence-corrected chi connectivity index (χ0v) is 23.2. The molecule has 0 radical (unpaired) electrons. The van der Waals surface area contributed by atoms with E-state index in [4.69, 9.17) is 15.4 Å². The number of fused-ring (bicyclic) bond motifs is 1. The third-order valence-corrected chi connectivity index (χ3v) is 6.60. The molecule has 206 valence electrons. The fourth-order valence-corrected chi connectivity index (χ4v) is 4.64. The summed E-state index contributed by atoms with van der Waals surface area (Å²) in [6.45, 7) is 6.04. The molecule has 4 N–H and O–H groups in total. The summed E-state index contributed by atoms with van der Waals surface area (Å²) in [5.74, 6) is 0.759. The van der Waals surface area contributed by atoms with Crippen LogP contribution < -0.4 is 15.8 Å². The Balaban J connectivity index is 1.39. The van der Waals surface area contributed by atoms with Crippen molar-refractivity contribution < 1.29 is 17.7 Å². The first-order valence-electron chi connectivity index (χ1n) is 12.3. The summed E-state index contributed by atoms with van der Waals surface area (Å²) < 4.78 is 32.5.